The molecular formula is C11H7BrFNO4. The van der Waals surface area contributed by atoms with Gasteiger partial charge < -0.3 is 14.4 Å². The molecule has 7 heteroatoms. The molecule has 0 saturated carbocycles. The Morgan fingerprint density at radius 3 is 2.83 bits per heavy atom. The number of aromatic nitrogens is 1. The molecule has 18 heavy (non-hydrogen) atoms. The molecule has 5 nitrogen and oxygen atoms in total. The third-order valence-electron chi connectivity index (χ3n) is 2.25. The van der Waals surface area contributed by atoms with Crippen molar-refractivity contribution in [1.82, 2.24) is 5.16 Å². The summed E-state index contributed by atoms with van der Waals surface area (Å²) in [4.78, 5) is 10.7. The normalized spacial score (nSPS) is 10.4. The van der Waals surface area contributed by atoms with Crippen molar-refractivity contribution in [2.45, 2.75) is 0 Å². The van der Waals surface area contributed by atoms with Crippen LogP contribution in [0.3, 0.4) is 0 Å². The van der Waals surface area contributed by atoms with Crippen LogP contribution < -0.4 is 4.74 Å². The number of hydrogen-bond acceptors (Lipinski definition) is 4. The number of benzene rings is 1. The Morgan fingerprint density at radius 1 is 1.56 bits per heavy atom. The zero-order valence-corrected chi connectivity index (χ0v) is 10.7. The molecule has 2 aromatic rings. The Kier molecular flexibility index (Phi) is 3.33. The molecule has 0 spiro atoms. The number of methoxy groups -OCH3 is 1. The Balaban J connectivity index is 2.56. The molecule has 0 aliphatic carbocycles. The lowest BCUT2D eigenvalue weighted by molar-refractivity contribution is 0.0652. The molecular weight excluding hydrogens is 309 g/mol. The third kappa shape index (κ3) is 2.08. The number of carboxylic acid groups (broad SMARTS) is 1. The summed E-state index contributed by atoms with van der Waals surface area (Å²) in [7, 11) is 1.38. The van der Waals surface area contributed by atoms with Crippen molar-refractivity contribution in [1.29, 1.82) is 0 Å². The van der Waals surface area contributed by atoms with E-state index in [1.54, 1.807) is 0 Å². The number of nitrogens with zero attached hydrogens (tertiary/aromatic N) is 1. The fourth-order valence-electron chi connectivity index (χ4n) is 1.44. The van der Waals surface area contributed by atoms with Crippen LogP contribution in [0.25, 0.3) is 11.3 Å². The fourth-order valence-corrected chi connectivity index (χ4v) is 1.94. The molecule has 0 fully saturated rings. The fraction of sp³-hybridized carbons (Fsp3) is 0.0909. The Morgan fingerprint density at radius 2 is 2.28 bits per heavy atom. The van der Waals surface area contributed by atoms with Gasteiger partial charge in [-0.25, -0.2) is 9.18 Å². The van der Waals surface area contributed by atoms with Crippen molar-refractivity contribution in [3.05, 3.63) is 34.2 Å². The molecule has 0 atom stereocenters. The lowest BCUT2D eigenvalue weighted by Crippen LogP contribution is -1.93. The van der Waals surface area contributed by atoms with Gasteiger partial charge in [0.15, 0.2) is 0 Å². The first kappa shape index (κ1) is 12.6. The maximum atomic E-state index is 13.3. The molecule has 0 amide bonds. The zero-order chi connectivity index (χ0) is 13.3. The van der Waals surface area contributed by atoms with Crippen molar-refractivity contribution in [2.24, 2.45) is 0 Å². The van der Waals surface area contributed by atoms with Crippen molar-refractivity contribution < 1.29 is 23.6 Å². The lowest BCUT2D eigenvalue weighted by Gasteiger charge is -2.08. The van der Waals surface area contributed by atoms with Gasteiger partial charge in [-0.1, -0.05) is 5.16 Å². The van der Waals surface area contributed by atoms with Crippen LogP contribution in [0, 0.1) is 5.82 Å². The number of aromatic carboxylic acids is 1. The topological polar surface area (TPSA) is 72.6 Å². The maximum Gasteiger partial charge on any atom is 0.374 e. The molecule has 94 valence electrons. The third-order valence-corrected chi connectivity index (χ3v) is 2.99. The Labute approximate surface area is 109 Å². The summed E-state index contributed by atoms with van der Waals surface area (Å²) in [5, 5.41) is 12.3. The monoisotopic (exact) mass is 315 g/mol. The van der Waals surface area contributed by atoms with Gasteiger partial charge in [0.25, 0.3) is 0 Å². The first-order valence-electron chi connectivity index (χ1n) is 4.77. The largest absolute Gasteiger partial charge is 0.495 e. The SMILES string of the molecule is COc1c(-c2cc(C(=O)O)on2)ccc(F)c1Br. The highest BCUT2D eigenvalue weighted by Gasteiger charge is 2.18. The molecule has 0 aliphatic heterocycles. The van der Waals surface area contributed by atoms with E-state index in [1.807, 2.05) is 0 Å². The van der Waals surface area contributed by atoms with Crippen LogP contribution in [-0.4, -0.2) is 23.3 Å². The van der Waals surface area contributed by atoms with Gasteiger partial charge in [0.2, 0.25) is 5.76 Å². The molecule has 0 aliphatic rings. The minimum atomic E-state index is -1.23. The van der Waals surface area contributed by atoms with Crippen LogP contribution in [0.5, 0.6) is 5.75 Å². The molecule has 1 heterocycles. The van der Waals surface area contributed by atoms with E-state index in [-0.39, 0.29) is 21.7 Å². The molecule has 0 saturated heterocycles. The molecule has 0 unspecified atom stereocenters. The van der Waals surface area contributed by atoms with Crippen molar-refractivity contribution in [3.8, 4) is 17.0 Å². The quantitative estimate of drug-likeness (QED) is 0.942. The highest BCUT2D eigenvalue weighted by Crippen LogP contribution is 2.37. The zero-order valence-electron chi connectivity index (χ0n) is 9.11. The number of halogens is 2. The highest BCUT2D eigenvalue weighted by atomic mass is 79.9. The van der Waals surface area contributed by atoms with Gasteiger partial charge in [-0.05, 0) is 28.1 Å². The molecule has 0 radical (unpaired) electrons. The smallest absolute Gasteiger partial charge is 0.374 e. The van der Waals surface area contributed by atoms with Crippen LogP contribution in [0.4, 0.5) is 4.39 Å². The predicted octanol–water partition coefficient (Wildman–Crippen LogP) is 2.95. The van der Waals surface area contributed by atoms with E-state index in [4.69, 9.17) is 9.84 Å². The maximum absolute atomic E-state index is 13.3. The number of carboxylic acids is 1. The predicted molar refractivity (Wildman–Crippen MR) is 63.1 cm³/mol. The van der Waals surface area contributed by atoms with Gasteiger partial charge in [-0.15, -0.1) is 0 Å². The summed E-state index contributed by atoms with van der Waals surface area (Å²) in [6, 6.07) is 3.89. The van der Waals surface area contributed by atoms with E-state index in [0.29, 0.717) is 5.56 Å². The summed E-state index contributed by atoms with van der Waals surface area (Å²) in [5.41, 5.74) is 0.687. The summed E-state index contributed by atoms with van der Waals surface area (Å²) in [6.45, 7) is 0. The number of hydrogen-bond donors (Lipinski definition) is 1. The van der Waals surface area contributed by atoms with Crippen molar-refractivity contribution >= 4 is 21.9 Å². The first-order valence-corrected chi connectivity index (χ1v) is 5.56. The standard InChI is InChI=1S/C11H7BrFNO4/c1-17-10-5(2-3-6(13)9(10)12)7-4-8(11(15)16)18-14-7/h2-4H,1H3,(H,15,16). The molecule has 1 N–H and O–H groups in total. The van der Waals surface area contributed by atoms with Gasteiger partial charge in [-0.3, -0.25) is 0 Å². The van der Waals surface area contributed by atoms with Gasteiger partial charge in [0.05, 0.1) is 11.6 Å². The van der Waals surface area contributed by atoms with Gasteiger partial charge in [0, 0.05) is 11.6 Å². The number of rotatable bonds is 3. The van der Waals surface area contributed by atoms with Crippen molar-refractivity contribution in [3.63, 3.8) is 0 Å². The molecule has 1 aromatic carbocycles. The Hall–Kier alpha value is -1.89. The summed E-state index contributed by atoms with van der Waals surface area (Å²) >= 11 is 3.05. The van der Waals surface area contributed by atoms with E-state index in [9.17, 15) is 9.18 Å². The summed E-state index contributed by atoms with van der Waals surface area (Å²) in [6.07, 6.45) is 0. The van der Waals surface area contributed by atoms with Gasteiger partial charge in [0.1, 0.15) is 17.3 Å². The molecule has 1 aromatic heterocycles. The van der Waals surface area contributed by atoms with Crippen LogP contribution in [-0.2, 0) is 0 Å². The van der Waals surface area contributed by atoms with Crippen LogP contribution >= 0.6 is 15.9 Å². The lowest BCUT2D eigenvalue weighted by atomic mass is 10.1. The van der Waals surface area contributed by atoms with Gasteiger partial charge >= 0.3 is 5.97 Å². The molecule has 0 bridgehead atoms. The highest BCUT2D eigenvalue weighted by molar-refractivity contribution is 9.10. The van der Waals surface area contributed by atoms with Crippen molar-refractivity contribution in [2.75, 3.05) is 7.11 Å². The summed E-state index contributed by atoms with van der Waals surface area (Å²) in [5.74, 6) is -1.79. The second kappa shape index (κ2) is 4.77. The average Bonchev–Trinajstić information content (AvgIpc) is 2.82. The van der Waals surface area contributed by atoms with E-state index in [2.05, 4.69) is 25.6 Å². The second-order valence-electron chi connectivity index (χ2n) is 3.32. The van der Waals surface area contributed by atoms with E-state index >= 15 is 0 Å². The van der Waals surface area contributed by atoms with E-state index in [0.717, 1.165) is 0 Å². The van der Waals surface area contributed by atoms with Crippen LogP contribution in [0.1, 0.15) is 10.6 Å². The number of carbonyl (C=O) groups is 1. The Bertz CT molecular complexity index is 611. The second-order valence-corrected chi connectivity index (χ2v) is 4.12. The number of ether oxygens (including phenoxy) is 1. The average molecular weight is 316 g/mol. The van der Waals surface area contributed by atoms with Crippen LogP contribution in [0.2, 0.25) is 0 Å². The van der Waals surface area contributed by atoms with E-state index in [1.165, 1.54) is 25.3 Å². The van der Waals surface area contributed by atoms with Crippen LogP contribution in [0.15, 0.2) is 27.2 Å². The molecule has 2 rings (SSSR count). The first-order chi connectivity index (χ1) is 8.54. The van der Waals surface area contributed by atoms with Gasteiger partial charge in [-0.2, -0.15) is 0 Å². The minimum absolute atomic E-state index is 0.141. The minimum Gasteiger partial charge on any atom is -0.495 e. The van der Waals surface area contributed by atoms with E-state index < -0.39 is 11.8 Å². The summed E-state index contributed by atoms with van der Waals surface area (Å²) < 4.78 is 23.2.